The van der Waals surface area contributed by atoms with E-state index in [-0.39, 0.29) is 11.2 Å². The maximum Gasteiger partial charge on any atom is 0.240 e. The second-order valence-electron chi connectivity index (χ2n) is 7.80. The molecule has 0 saturated carbocycles. The molecule has 6 nitrogen and oxygen atoms in total. The van der Waals surface area contributed by atoms with Gasteiger partial charge in [0, 0.05) is 30.2 Å². The summed E-state index contributed by atoms with van der Waals surface area (Å²) in [5, 5.41) is 9.33. The third-order valence-electron chi connectivity index (χ3n) is 5.69. The first kappa shape index (κ1) is 20.5. The van der Waals surface area contributed by atoms with Gasteiger partial charge in [0.15, 0.2) is 11.0 Å². The number of amides is 1. The van der Waals surface area contributed by atoms with Crippen molar-refractivity contribution in [2.24, 2.45) is 0 Å². The fourth-order valence-electron chi connectivity index (χ4n) is 4.05. The first-order valence-corrected chi connectivity index (χ1v) is 11.5. The van der Waals surface area contributed by atoms with Crippen LogP contribution in [0, 0.1) is 6.92 Å². The molecule has 0 saturated heterocycles. The summed E-state index contributed by atoms with van der Waals surface area (Å²) in [4.78, 5) is 19.5. The van der Waals surface area contributed by atoms with E-state index in [9.17, 15) is 4.79 Å². The van der Waals surface area contributed by atoms with Gasteiger partial charge < -0.3 is 4.90 Å². The van der Waals surface area contributed by atoms with Gasteiger partial charge in [0.05, 0.1) is 10.9 Å². The van der Waals surface area contributed by atoms with Gasteiger partial charge in [-0.1, -0.05) is 48.2 Å². The van der Waals surface area contributed by atoms with Crippen molar-refractivity contribution in [2.45, 2.75) is 30.7 Å². The smallest absolute Gasteiger partial charge is 0.240 e. The lowest BCUT2D eigenvalue weighted by atomic mass is 10.2. The maximum absolute atomic E-state index is 13.3. The molecule has 0 fully saturated rings. The fraction of sp³-hybridized carbons (Fsp3) is 0.200. The van der Waals surface area contributed by atoms with Gasteiger partial charge in [0.25, 0.3) is 0 Å². The Balaban J connectivity index is 1.50. The van der Waals surface area contributed by atoms with E-state index < -0.39 is 0 Å². The highest BCUT2D eigenvalue weighted by Crippen LogP contribution is 2.34. The van der Waals surface area contributed by atoms with Crippen LogP contribution in [0.25, 0.3) is 17.1 Å². The van der Waals surface area contributed by atoms with Gasteiger partial charge in [-0.15, -0.1) is 10.2 Å². The summed E-state index contributed by atoms with van der Waals surface area (Å²) in [6, 6.07) is 20.1. The largest absolute Gasteiger partial charge is 0.311 e. The normalized spacial score (nSPS) is 13.8. The average Bonchev–Trinajstić information content (AvgIpc) is 3.44. The number of carbonyl (C=O) groups excluding carboxylic acids is 1. The monoisotopic (exact) mass is 441 g/mol. The highest BCUT2D eigenvalue weighted by molar-refractivity contribution is 8.00. The van der Waals surface area contributed by atoms with Gasteiger partial charge in [-0.25, -0.2) is 0 Å². The Morgan fingerprint density at radius 3 is 2.56 bits per heavy atom. The Labute approximate surface area is 191 Å². The zero-order valence-corrected chi connectivity index (χ0v) is 18.8. The second-order valence-corrected chi connectivity index (χ2v) is 9.11. The molecule has 32 heavy (non-hydrogen) atoms. The van der Waals surface area contributed by atoms with Crippen LogP contribution >= 0.6 is 11.8 Å². The number of aryl methyl sites for hydroxylation is 1. The lowest BCUT2D eigenvalue weighted by molar-refractivity contribution is -0.117. The summed E-state index contributed by atoms with van der Waals surface area (Å²) in [5.41, 5.74) is 5.21. The summed E-state index contributed by atoms with van der Waals surface area (Å²) >= 11 is 1.44. The van der Waals surface area contributed by atoms with E-state index >= 15 is 0 Å². The van der Waals surface area contributed by atoms with Crippen LogP contribution in [-0.4, -0.2) is 37.5 Å². The highest BCUT2D eigenvalue weighted by Gasteiger charge is 2.30. The molecule has 7 heteroatoms. The molecule has 1 aliphatic rings. The number of fused-ring (bicyclic) bond motifs is 1. The highest BCUT2D eigenvalue weighted by atomic mass is 32.2. The Morgan fingerprint density at radius 1 is 1.00 bits per heavy atom. The van der Waals surface area contributed by atoms with E-state index in [1.54, 1.807) is 12.4 Å². The molecule has 0 unspecified atom stereocenters. The standard InChI is InChI=1S/C25H23N5OS/c1-17-8-3-5-11-21(17)30-23(20-10-7-14-26-16-20)27-28-25(30)32-18(2)24(31)29-15-13-19-9-4-6-12-22(19)29/h3-12,14,16,18H,13,15H2,1-2H3/t18-/m0/s1. The van der Waals surface area contributed by atoms with Crippen molar-refractivity contribution in [1.82, 2.24) is 19.7 Å². The van der Waals surface area contributed by atoms with Crippen LogP contribution in [0.15, 0.2) is 78.2 Å². The van der Waals surface area contributed by atoms with E-state index in [0.717, 1.165) is 28.9 Å². The number of carbonyl (C=O) groups is 1. The number of hydrogen-bond donors (Lipinski definition) is 0. The zero-order chi connectivity index (χ0) is 22.1. The SMILES string of the molecule is Cc1ccccc1-n1c(S[C@@H](C)C(=O)N2CCc3ccccc32)nnc1-c1cccnc1. The molecule has 2 aromatic carbocycles. The van der Waals surface area contributed by atoms with E-state index in [4.69, 9.17) is 0 Å². The van der Waals surface area contributed by atoms with Crippen LogP contribution in [0.2, 0.25) is 0 Å². The average molecular weight is 442 g/mol. The summed E-state index contributed by atoms with van der Waals surface area (Å²) in [7, 11) is 0. The molecule has 5 rings (SSSR count). The minimum absolute atomic E-state index is 0.0854. The van der Waals surface area contributed by atoms with Crippen molar-refractivity contribution >= 4 is 23.4 Å². The summed E-state index contributed by atoms with van der Waals surface area (Å²) in [5.74, 6) is 0.795. The van der Waals surface area contributed by atoms with Gasteiger partial charge in [0.2, 0.25) is 5.91 Å². The first-order chi connectivity index (χ1) is 15.6. The molecule has 0 aliphatic carbocycles. The van der Waals surface area contributed by atoms with Crippen LogP contribution in [0.5, 0.6) is 0 Å². The molecule has 3 heterocycles. The first-order valence-electron chi connectivity index (χ1n) is 10.6. The van der Waals surface area contributed by atoms with E-state index in [0.29, 0.717) is 17.5 Å². The molecule has 0 spiro atoms. The third kappa shape index (κ3) is 3.69. The molecule has 160 valence electrons. The number of rotatable bonds is 5. The molecular formula is C25H23N5OS. The second kappa shape index (κ2) is 8.59. The van der Waals surface area contributed by atoms with Crippen molar-refractivity contribution < 1.29 is 4.79 Å². The van der Waals surface area contributed by atoms with Crippen molar-refractivity contribution in [1.29, 1.82) is 0 Å². The van der Waals surface area contributed by atoms with Crippen molar-refractivity contribution in [3.63, 3.8) is 0 Å². The quantitative estimate of drug-likeness (QED) is 0.420. The predicted octanol–water partition coefficient (Wildman–Crippen LogP) is 4.71. The number of anilines is 1. The van der Waals surface area contributed by atoms with Crippen LogP contribution in [0.1, 0.15) is 18.1 Å². The number of hydrogen-bond acceptors (Lipinski definition) is 5. The molecule has 0 bridgehead atoms. The van der Waals surface area contributed by atoms with Crippen molar-refractivity contribution in [2.75, 3.05) is 11.4 Å². The minimum atomic E-state index is -0.310. The maximum atomic E-state index is 13.3. The molecule has 0 radical (unpaired) electrons. The number of nitrogens with zero attached hydrogens (tertiary/aromatic N) is 5. The van der Waals surface area contributed by atoms with Gasteiger partial charge in [-0.2, -0.15) is 0 Å². The summed E-state index contributed by atoms with van der Waals surface area (Å²) in [6.07, 6.45) is 4.41. The topological polar surface area (TPSA) is 63.9 Å². The lowest BCUT2D eigenvalue weighted by Gasteiger charge is -2.21. The number of pyridine rings is 1. The summed E-state index contributed by atoms with van der Waals surface area (Å²) < 4.78 is 2.03. The lowest BCUT2D eigenvalue weighted by Crippen LogP contribution is -2.35. The fourth-order valence-corrected chi connectivity index (χ4v) is 4.98. The Bertz CT molecular complexity index is 1270. The Hall–Kier alpha value is -3.45. The van der Waals surface area contributed by atoms with Gasteiger partial charge in [0.1, 0.15) is 0 Å². The van der Waals surface area contributed by atoms with E-state index in [2.05, 4.69) is 34.2 Å². The van der Waals surface area contributed by atoms with Crippen molar-refractivity contribution in [3.05, 3.63) is 84.2 Å². The van der Waals surface area contributed by atoms with Crippen LogP contribution < -0.4 is 4.90 Å². The van der Waals surface area contributed by atoms with E-state index in [1.807, 2.05) is 64.9 Å². The molecule has 2 aromatic heterocycles. The third-order valence-corrected chi connectivity index (χ3v) is 6.72. The number of aromatic nitrogens is 4. The zero-order valence-electron chi connectivity index (χ0n) is 18.0. The van der Waals surface area contributed by atoms with E-state index in [1.165, 1.54) is 17.3 Å². The molecule has 1 atom stereocenters. The predicted molar refractivity (Wildman–Crippen MR) is 127 cm³/mol. The molecule has 1 amide bonds. The van der Waals surface area contributed by atoms with Crippen molar-refractivity contribution in [3.8, 4) is 17.1 Å². The Morgan fingerprint density at radius 2 is 1.78 bits per heavy atom. The molecular weight excluding hydrogens is 418 g/mol. The number of benzene rings is 2. The molecule has 0 N–H and O–H groups in total. The number of thioether (sulfide) groups is 1. The van der Waals surface area contributed by atoms with Gasteiger partial charge >= 0.3 is 0 Å². The number of para-hydroxylation sites is 2. The van der Waals surface area contributed by atoms with Gasteiger partial charge in [-0.3, -0.25) is 14.3 Å². The molecule has 1 aliphatic heterocycles. The van der Waals surface area contributed by atoms with Crippen LogP contribution in [0.3, 0.4) is 0 Å². The van der Waals surface area contributed by atoms with Crippen LogP contribution in [-0.2, 0) is 11.2 Å². The Kier molecular flexibility index (Phi) is 5.49. The van der Waals surface area contributed by atoms with Crippen LogP contribution in [0.4, 0.5) is 5.69 Å². The van der Waals surface area contributed by atoms with Gasteiger partial charge in [-0.05, 0) is 55.7 Å². The minimum Gasteiger partial charge on any atom is -0.311 e. The summed E-state index contributed by atoms with van der Waals surface area (Å²) in [6.45, 7) is 4.72. The molecule has 4 aromatic rings.